The van der Waals surface area contributed by atoms with Crippen LogP contribution >= 0.6 is 0 Å². The second-order valence-electron chi connectivity index (χ2n) is 7.55. The number of benzene rings is 2. The van der Waals surface area contributed by atoms with Gasteiger partial charge in [-0.25, -0.2) is 13.6 Å². The summed E-state index contributed by atoms with van der Waals surface area (Å²) in [6.45, 7) is 3.49. The number of fused-ring (bicyclic) bond motifs is 1. The highest BCUT2D eigenvalue weighted by molar-refractivity contribution is 5.95. The van der Waals surface area contributed by atoms with Crippen molar-refractivity contribution in [2.24, 2.45) is 0 Å². The zero-order valence-electron chi connectivity index (χ0n) is 18.7. The van der Waals surface area contributed by atoms with Crippen LogP contribution < -0.4 is 5.32 Å². The fourth-order valence-electron chi connectivity index (χ4n) is 3.87. The Balaban J connectivity index is 0.00000158. The molecule has 0 aliphatic carbocycles. The van der Waals surface area contributed by atoms with E-state index in [2.05, 4.69) is 5.32 Å². The minimum atomic E-state index is -4.54. The number of anilines is 1. The molecule has 1 N–H and O–H groups in total. The molecule has 2 aliphatic heterocycles. The Kier molecular flexibility index (Phi) is 7.58. The van der Waals surface area contributed by atoms with Crippen LogP contribution in [0.1, 0.15) is 37.0 Å². The zero-order chi connectivity index (χ0) is 25.0. The van der Waals surface area contributed by atoms with Gasteiger partial charge in [0, 0.05) is 18.7 Å². The van der Waals surface area contributed by atoms with E-state index in [1.807, 2.05) is 13.8 Å². The Morgan fingerprint density at radius 3 is 2.47 bits per heavy atom. The van der Waals surface area contributed by atoms with Crippen molar-refractivity contribution in [2.75, 3.05) is 25.0 Å². The van der Waals surface area contributed by atoms with Crippen molar-refractivity contribution in [1.82, 2.24) is 9.80 Å². The average Bonchev–Trinajstić information content (AvgIpc) is 2.83. The van der Waals surface area contributed by atoms with Gasteiger partial charge in [-0.3, -0.25) is 4.79 Å². The van der Waals surface area contributed by atoms with Gasteiger partial charge in [0.15, 0.2) is 11.6 Å². The molecule has 2 heterocycles. The summed E-state index contributed by atoms with van der Waals surface area (Å²) in [4.78, 5) is 27.5. The first-order chi connectivity index (χ1) is 16.1. The molecular formula is C24H24F5N3O2. The van der Waals surface area contributed by atoms with Gasteiger partial charge in [0.05, 0.1) is 17.8 Å². The fraction of sp³-hybridized carbons (Fsp3) is 0.333. The van der Waals surface area contributed by atoms with E-state index in [1.165, 1.54) is 29.2 Å². The van der Waals surface area contributed by atoms with Crippen LogP contribution in [-0.2, 0) is 17.5 Å². The number of rotatable bonds is 3. The zero-order valence-corrected chi connectivity index (χ0v) is 18.7. The average molecular weight is 481 g/mol. The van der Waals surface area contributed by atoms with Gasteiger partial charge in [-0.15, -0.1) is 0 Å². The summed E-state index contributed by atoms with van der Waals surface area (Å²) in [6, 6.07) is 6.63. The summed E-state index contributed by atoms with van der Waals surface area (Å²) in [5.74, 6) is -2.68. The highest BCUT2D eigenvalue weighted by Crippen LogP contribution is 2.36. The molecule has 0 aromatic heterocycles. The van der Waals surface area contributed by atoms with Gasteiger partial charge in [-0.1, -0.05) is 38.1 Å². The number of urea groups is 1. The van der Waals surface area contributed by atoms with E-state index in [4.69, 9.17) is 0 Å². The smallest absolute Gasteiger partial charge is 0.337 e. The van der Waals surface area contributed by atoms with Crippen molar-refractivity contribution >= 4 is 23.2 Å². The lowest BCUT2D eigenvalue weighted by Crippen LogP contribution is -2.47. The highest BCUT2D eigenvalue weighted by atomic mass is 19.4. The Bertz CT molecular complexity index is 1110. The SMILES string of the molecule is CC.O=C(CN1Cc2c(ccc(F)c2F)NC1=O)N1CCC=C(c2ccccc2C(F)(F)F)C1. The molecule has 0 saturated carbocycles. The van der Waals surface area contributed by atoms with E-state index in [0.29, 0.717) is 12.0 Å². The standard InChI is InChI=1S/C22H18F5N3O2.C2H6/c23-17-7-8-18-15(20(17)24)11-30(21(32)28-18)12-19(31)29-9-3-4-13(10-29)14-5-1-2-6-16(14)22(25,26)27;1-2/h1-2,4-8H,3,9-12H2,(H,28,32);1-2H3. The van der Waals surface area contributed by atoms with Crippen LogP contribution in [0.2, 0.25) is 0 Å². The molecule has 5 nitrogen and oxygen atoms in total. The van der Waals surface area contributed by atoms with E-state index >= 15 is 0 Å². The first kappa shape index (κ1) is 25.2. The largest absolute Gasteiger partial charge is 0.416 e. The molecule has 0 spiro atoms. The molecule has 0 fully saturated rings. The van der Waals surface area contributed by atoms with E-state index in [1.54, 1.807) is 6.08 Å². The van der Waals surface area contributed by atoms with Gasteiger partial charge < -0.3 is 15.1 Å². The van der Waals surface area contributed by atoms with Crippen molar-refractivity contribution in [3.63, 3.8) is 0 Å². The van der Waals surface area contributed by atoms with E-state index in [0.717, 1.165) is 17.0 Å². The first-order valence-electron chi connectivity index (χ1n) is 10.8. The topological polar surface area (TPSA) is 52.7 Å². The lowest BCUT2D eigenvalue weighted by atomic mass is 9.96. The Labute approximate surface area is 193 Å². The van der Waals surface area contributed by atoms with Gasteiger partial charge in [0.1, 0.15) is 6.54 Å². The molecule has 0 saturated heterocycles. The van der Waals surface area contributed by atoms with E-state index in [9.17, 15) is 31.5 Å². The molecule has 182 valence electrons. The van der Waals surface area contributed by atoms with Gasteiger partial charge in [0.25, 0.3) is 0 Å². The highest BCUT2D eigenvalue weighted by Gasteiger charge is 2.35. The lowest BCUT2D eigenvalue weighted by molar-refractivity contribution is -0.137. The summed E-state index contributed by atoms with van der Waals surface area (Å²) in [6.07, 6.45) is -2.53. The molecular weight excluding hydrogens is 457 g/mol. The number of nitrogens with zero attached hydrogens (tertiary/aromatic N) is 2. The first-order valence-corrected chi connectivity index (χ1v) is 10.8. The van der Waals surface area contributed by atoms with Crippen molar-refractivity contribution in [3.05, 3.63) is 70.8 Å². The molecule has 0 atom stereocenters. The maximum Gasteiger partial charge on any atom is 0.416 e. The van der Waals surface area contributed by atoms with Crippen LogP contribution in [0.4, 0.5) is 32.4 Å². The van der Waals surface area contributed by atoms with Gasteiger partial charge in [-0.05, 0) is 35.8 Å². The summed E-state index contributed by atoms with van der Waals surface area (Å²) in [5, 5.41) is 2.42. The predicted octanol–water partition coefficient (Wildman–Crippen LogP) is 5.67. The molecule has 2 aliphatic rings. The third-order valence-corrected chi connectivity index (χ3v) is 5.48. The normalized spacial score (nSPS) is 15.6. The number of carbonyl (C=O) groups is 2. The van der Waals surface area contributed by atoms with Crippen molar-refractivity contribution in [1.29, 1.82) is 0 Å². The van der Waals surface area contributed by atoms with E-state index < -0.39 is 41.9 Å². The minimum Gasteiger partial charge on any atom is -0.337 e. The molecule has 0 bridgehead atoms. The number of hydrogen-bond donors (Lipinski definition) is 1. The Hall–Kier alpha value is -3.43. The number of nitrogens with one attached hydrogen (secondary N) is 1. The van der Waals surface area contributed by atoms with Crippen LogP contribution in [0, 0.1) is 11.6 Å². The van der Waals surface area contributed by atoms with Crippen molar-refractivity contribution in [2.45, 2.75) is 33.0 Å². The summed E-state index contributed by atoms with van der Waals surface area (Å²) in [5.41, 5.74) is -0.371. The third kappa shape index (κ3) is 5.21. The third-order valence-electron chi connectivity index (χ3n) is 5.48. The number of amides is 3. The molecule has 4 rings (SSSR count). The maximum absolute atomic E-state index is 14.1. The fourth-order valence-corrected chi connectivity index (χ4v) is 3.87. The van der Waals surface area contributed by atoms with Crippen LogP contribution in [0.3, 0.4) is 0 Å². The molecule has 2 aromatic rings. The number of carbonyl (C=O) groups excluding carboxylic acids is 2. The second-order valence-corrected chi connectivity index (χ2v) is 7.55. The second kappa shape index (κ2) is 10.2. The molecule has 0 radical (unpaired) electrons. The number of halogens is 5. The molecule has 0 unspecified atom stereocenters. The summed E-state index contributed by atoms with van der Waals surface area (Å²) in [7, 11) is 0. The molecule has 10 heteroatoms. The quantitative estimate of drug-likeness (QED) is 0.574. The Morgan fingerprint density at radius 2 is 1.76 bits per heavy atom. The maximum atomic E-state index is 14.1. The molecule has 2 aromatic carbocycles. The number of hydrogen-bond acceptors (Lipinski definition) is 2. The lowest BCUT2D eigenvalue weighted by Gasteiger charge is -2.33. The molecule has 3 amide bonds. The number of alkyl halides is 3. The summed E-state index contributed by atoms with van der Waals surface area (Å²) >= 11 is 0. The van der Waals surface area contributed by atoms with Crippen molar-refractivity contribution in [3.8, 4) is 0 Å². The Morgan fingerprint density at radius 1 is 1.06 bits per heavy atom. The van der Waals surface area contributed by atoms with E-state index in [-0.39, 0.29) is 36.4 Å². The molecule has 34 heavy (non-hydrogen) atoms. The van der Waals surface area contributed by atoms with Crippen molar-refractivity contribution < 1.29 is 31.5 Å². The van der Waals surface area contributed by atoms with Crippen LogP contribution in [-0.4, -0.2) is 41.4 Å². The van der Waals surface area contributed by atoms with Crippen LogP contribution in [0.5, 0.6) is 0 Å². The minimum absolute atomic E-state index is 0.000288. The predicted molar refractivity (Wildman–Crippen MR) is 118 cm³/mol. The van der Waals surface area contributed by atoms with Gasteiger partial charge in [-0.2, -0.15) is 13.2 Å². The van der Waals surface area contributed by atoms with Crippen LogP contribution in [0.25, 0.3) is 5.57 Å². The summed E-state index contributed by atoms with van der Waals surface area (Å²) < 4.78 is 67.8. The van der Waals surface area contributed by atoms with Gasteiger partial charge >= 0.3 is 12.2 Å². The van der Waals surface area contributed by atoms with Crippen LogP contribution in [0.15, 0.2) is 42.5 Å². The monoisotopic (exact) mass is 481 g/mol. The van der Waals surface area contributed by atoms with Gasteiger partial charge in [0.2, 0.25) is 5.91 Å².